The van der Waals surface area contributed by atoms with Crippen molar-refractivity contribution in [3.63, 3.8) is 0 Å². The lowest BCUT2D eigenvalue weighted by molar-refractivity contribution is -0.124. The highest BCUT2D eigenvalue weighted by Gasteiger charge is 2.04. The number of nitrogens with zero attached hydrogens (tertiary/aromatic N) is 2. The van der Waals surface area contributed by atoms with Crippen molar-refractivity contribution in [1.29, 1.82) is 0 Å². The van der Waals surface area contributed by atoms with Crippen molar-refractivity contribution in [3.05, 3.63) is 66.0 Å². The first-order valence-electron chi connectivity index (χ1n) is 7.15. The molecule has 0 atom stereocenters. The second-order valence-corrected chi connectivity index (χ2v) is 4.97. The second-order valence-electron chi connectivity index (χ2n) is 4.97. The fourth-order valence-electron chi connectivity index (χ4n) is 1.97. The van der Waals surface area contributed by atoms with Crippen LogP contribution in [-0.2, 0) is 11.2 Å². The van der Waals surface area contributed by atoms with Gasteiger partial charge in [-0.2, -0.15) is 0 Å². The topological polar surface area (TPSA) is 42.4 Å². The molecule has 2 aromatic rings. The van der Waals surface area contributed by atoms with Gasteiger partial charge in [0.05, 0.1) is 7.11 Å². The minimum atomic E-state index is -0.00938. The lowest BCUT2D eigenvalue weighted by Gasteiger charge is -2.14. The van der Waals surface area contributed by atoms with Crippen LogP contribution in [0.25, 0.3) is 6.08 Å². The zero-order valence-corrected chi connectivity index (χ0v) is 12.9. The fraction of sp³-hybridized carbons (Fsp3) is 0.222. The van der Waals surface area contributed by atoms with Crippen LogP contribution in [0, 0.1) is 0 Å². The van der Waals surface area contributed by atoms with Crippen molar-refractivity contribution in [2.45, 2.75) is 6.42 Å². The molecule has 0 radical (unpaired) electrons. The summed E-state index contributed by atoms with van der Waals surface area (Å²) >= 11 is 0. The second kappa shape index (κ2) is 7.98. The molecule has 22 heavy (non-hydrogen) atoms. The van der Waals surface area contributed by atoms with Crippen LogP contribution in [0.4, 0.5) is 0 Å². The van der Waals surface area contributed by atoms with E-state index in [1.54, 1.807) is 30.5 Å². The maximum Gasteiger partial charge on any atom is 0.246 e. The van der Waals surface area contributed by atoms with Crippen LogP contribution in [0.5, 0.6) is 5.75 Å². The molecule has 1 amide bonds. The van der Waals surface area contributed by atoms with Crippen molar-refractivity contribution < 1.29 is 9.53 Å². The molecule has 2 rings (SSSR count). The zero-order chi connectivity index (χ0) is 15.8. The predicted octanol–water partition coefficient (Wildman–Crippen LogP) is 2.80. The monoisotopic (exact) mass is 296 g/mol. The Morgan fingerprint density at radius 2 is 1.86 bits per heavy atom. The summed E-state index contributed by atoms with van der Waals surface area (Å²) < 4.78 is 5.10. The van der Waals surface area contributed by atoms with Crippen molar-refractivity contribution in [2.75, 3.05) is 20.7 Å². The molecule has 0 saturated carbocycles. The van der Waals surface area contributed by atoms with Crippen LogP contribution < -0.4 is 4.74 Å². The lowest BCUT2D eigenvalue weighted by Crippen LogP contribution is -2.27. The Labute approximate surface area is 131 Å². The third-order valence-corrected chi connectivity index (χ3v) is 3.40. The van der Waals surface area contributed by atoms with Gasteiger partial charge in [0.25, 0.3) is 0 Å². The largest absolute Gasteiger partial charge is 0.497 e. The van der Waals surface area contributed by atoms with Crippen LogP contribution >= 0.6 is 0 Å². The van der Waals surface area contributed by atoms with E-state index in [1.165, 1.54) is 5.56 Å². The van der Waals surface area contributed by atoms with Crippen molar-refractivity contribution in [2.24, 2.45) is 0 Å². The first-order valence-corrected chi connectivity index (χ1v) is 7.15. The number of aromatic nitrogens is 1. The fourth-order valence-corrected chi connectivity index (χ4v) is 1.97. The van der Waals surface area contributed by atoms with Crippen molar-refractivity contribution in [3.8, 4) is 5.75 Å². The van der Waals surface area contributed by atoms with E-state index in [4.69, 9.17) is 4.74 Å². The molecule has 0 unspecified atom stereocenters. The third-order valence-electron chi connectivity index (χ3n) is 3.40. The summed E-state index contributed by atoms with van der Waals surface area (Å²) in [4.78, 5) is 17.8. The zero-order valence-electron chi connectivity index (χ0n) is 12.9. The molecule has 1 aromatic heterocycles. The molecule has 114 valence electrons. The van der Waals surface area contributed by atoms with Crippen LogP contribution in [-0.4, -0.2) is 36.5 Å². The average molecular weight is 296 g/mol. The van der Waals surface area contributed by atoms with Gasteiger partial charge in [0, 0.05) is 32.1 Å². The lowest BCUT2D eigenvalue weighted by atomic mass is 10.2. The summed E-state index contributed by atoms with van der Waals surface area (Å²) in [5, 5.41) is 0. The SMILES string of the molecule is COc1ccc(/C=C/C(=O)N(C)CCc2ccncc2)cc1. The number of ether oxygens (including phenoxy) is 1. The van der Waals surface area contributed by atoms with Crippen LogP contribution in [0.3, 0.4) is 0 Å². The highest BCUT2D eigenvalue weighted by atomic mass is 16.5. The minimum absolute atomic E-state index is 0.00938. The van der Waals surface area contributed by atoms with E-state index in [1.807, 2.05) is 49.5 Å². The summed E-state index contributed by atoms with van der Waals surface area (Å²) in [5.74, 6) is 0.794. The smallest absolute Gasteiger partial charge is 0.246 e. The maximum absolute atomic E-state index is 12.1. The maximum atomic E-state index is 12.1. The van der Waals surface area contributed by atoms with E-state index in [-0.39, 0.29) is 5.91 Å². The van der Waals surface area contributed by atoms with Crippen LogP contribution in [0.1, 0.15) is 11.1 Å². The van der Waals surface area contributed by atoms with Gasteiger partial charge < -0.3 is 9.64 Å². The highest BCUT2D eigenvalue weighted by molar-refractivity contribution is 5.91. The normalized spacial score (nSPS) is 10.6. The Morgan fingerprint density at radius 3 is 2.50 bits per heavy atom. The molecular formula is C18H20N2O2. The molecule has 0 aliphatic carbocycles. The molecule has 0 N–H and O–H groups in total. The number of likely N-dealkylation sites (N-methyl/N-ethyl adjacent to an activating group) is 1. The Bertz CT molecular complexity index is 621. The molecule has 4 nitrogen and oxygen atoms in total. The Kier molecular flexibility index (Phi) is 5.72. The summed E-state index contributed by atoms with van der Waals surface area (Å²) in [6.07, 6.45) is 7.75. The van der Waals surface area contributed by atoms with Gasteiger partial charge in [-0.3, -0.25) is 9.78 Å². The van der Waals surface area contributed by atoms with Crippen LogP contribution in [0.15, 0.2) is 54.9 Å². The molecule has 1 aromatic carbocycles. The third kappa shape index (κ3) is 4.74. The number of methoxy groups -OCH3 is 1. The quantitative estimate of drug-likeness (QED) is 0.770. The first-order chi connectivity index (χ1) is 10.7. The van der Waals surface area contributed by atoms with Gasteiger partial charge in [0.2, 0.25) is 5.91 Å². The summed E-state index contributed by atoms with van der Waals surface area (Å²) in [6, 6.07) is 11.5. The molecule has 0 spiro atoms. The number of carbonyl (C=O) groups excluding carboxylic acids is 1. The Hall–Kier alpha value is -2.62. The number of hydrogen-bond acceptors (Lipinski definition) is 3. The van der Waals surface area contributed by atoms with Gasteiger partial charge in [0.15, 0.2) is 0 Å². The molecular weight excluding hydrogens is 276 g/mol. The molecule has 4 heteroatoms. The van der Waals surface area contributed by atoms with E-state index in [9.17, 15) is 4.79 Å². The highest BCUT2D eigenvalue weighted by Crippen LogP contribution is 2.12. The van der Waals surface area contributed by atoms with E-state index in [0.29, 0.717) is 6.54 Å². The summed E-state index contributed by atoms with van der Waals surface area (Å²) in [5.41, 5.74) is 2.14. The van der Waals surface area contributed by atoms with Gasteiger partial charge in [0.1, 0.15) is 5.75 Å². The number of rotatable bonds is 6. The number of amides is 1. The molecule has 0 bridgehead atoms. The standard InChI is InChI=1S/C18H20N2O2/c1-20(14-11-16-9-12-19-13-10-16)18(21)8-5-15-3-6-17(22-2)7-4-15/h3-10,12-13H,11,14H2,1-2H3/b8-5+. The molecule has 1 heterocycles. The predicted molar refractivity (Wildman–Crippen MR) is 87.6 cm³/mol. The van der Waals surface area contributed by atoms with E-state index in [2.05, 4.69) is 4.98 Å². The van der Waals surface area contributed by atoms with Gasteiger partial charge in [-0.1, -0.05) is 12.1 Å². The Balaban J connectivity index is 1.86. The Morgan fingerprint density at radius 1 is 1.18 bits per heavy atom. The van der Waals surface area contributed by atoms with Crippen molar-refractivity contribution >= 4 is 12.0 Å². The molecule has 0 fully saturated rings. The summed E-state index contributed by atoms with van der Waals surface area (Å²) in [6.45, 7) is 0.676. The molecule has 0 saturated heterocycles. The van der Waals surface area contributed by atoms with E-state index in [0.717, 1.165) is 17.7 Å². The number of benzene rings is 1. The summed E-state index contributed by atoms with van der Waals surface area (Å²) in [7, 11) is 3.44. The van der Waals surface area contributed by atoms with E-state index < -0.39 is 0 Å². The number of hydrogen-bond donors (Lipinski definition) is 0. The van der Waals surface area contributed by atoms with Gasteiger partial charge >= 0.3 is 0 Å². The number of carbonyl (C=O) groups is 1. The molecule has 0 aliphatic rings. The molecule has 0 aliphatic heterocycles. The van der Waals surface area contributed by atoms with Gasteiger partial charge in [-0.25, -0.2) is 0 Å². The number of pyridine rings is 1. The van der Waals surface area contributed by atoms with Crippen LogP contribution in [0.2, 0.25) is 0 Å². The van der Waals surface area contributed by atoms with Crippen molar-refractivity contribution in [1.82, 2.24) is 9.88 Å². The average Bonchev–Trinajstić information content (AvgIpc) is 2.58. The first kappa shape index (κ1) is 15.8. The minimum Gasteiger partial charge on any atom is -0.497 e. The van der Waals surface area contributed by atoms with Gasteiger partial charge in [-0.15, -0.1) is 0 Å². The van der Waals surface area contributed by atoms with Gasteiger partial charge in [-0.05, 0) is 47.9 Å². The van der Waals surface area contributed by atoms with E-state index >= 15 is 0 Å².